The molecule has 0 spiro atoms. The van der Waals surface area contributed by atoms with Crippen LogP contribution in [-0.2, 0) is 0 Å². The van der Waals surface area contributed by atoms with E-state index in [1.807, 2.05) is 0 Å². The molecule has 0 aromatic heterocycles. The molecule has 1 aliphatic rings. The van der Waals surface area contributed by atoms with Crippen molar-refractivity contribution in [1.82, 2.24) is 4.90 Å². The predicted molar refractivity (Wildman–Crippen MR) is 35.2 cm³/mol. The van der Waals surface area contributed by atoms with Gasteiger partial charge in [-0.15, -0.1) is 0 Å². The molecule has 0 fully saturated rings. The molecule has 1 heterocycles. The van der Waals surface area contributed by atoms with Crippen molar-refractivity contribution in [3.63, 3.8) is 0 Å². The van der Waals surface area contributed by atoms with Crippen LogP contribution in [0.15, 0.2) is 36.5 Å². The summed E-state index contributed by atoms with van der Waals surface area (Å²) in [5.74, 6) is -0.262. The van der Waals surface area contributed by atoms with E-state index in [0.29, 0.717) is 5.70 Å². The van der Waals surface area contributed by atoms with Crippen molar-refractivity contribution in [3.05, 3.63) is 36.5 Å². The first kappa shape index (κ1) is 6.08. The molecule has 0 radical (unpaired) electrons. The summed E-state index contributed by atoms with van der Waals surface area (Å²) in [6.07, 6.45) is 4.79. The van der Waals surface area contributed by atoms with Gasteiger partial charge in [0.15, 0.2) is 5.95 Å². The number of rotatable bonds is 0. The Labute approximate surface area is 53.8 Å². The van der Waals surface area contributed by atoms with Crippen LogP contribution in [0.4, 0.5) is 4.39 Å². The highest BCUT2D eigenvalue weighted by molar-refractivity contribution is 5.27. The second-order valence-corrected chi connectivity index (χ2v) is 1.90. The van der Waals surface area contributed by atoms with Crippen LogP contribution in [0.25, 0.3) is 0 Å². The zero-order chi connectivity index (χ0) is 6.85. The summed E-state index contributed by atoms with van der Waals surface area (Å²) >= 11 is 0. The lowest BCUT2D eigenvalue weighted by Gasteiger charge is -2.18. The fraction of sp³-hybridized carbons (Fsp3) is 0.143. The van der Waals surface area contributed by atoms with Gasteiger partial charge in [0, 0.05) is 12.7 Å². The average Bonchev–Trinajstić information content (AvgIpc) is 1.83. The average molecular weight is 125 g/mol. The summed E-state index contributed by atoms with van der Waals surface area (Å²) in [6, 6.07) is 0. The van der Waals surface area contributed by atoms with E-state index < -0.39 is 0 Å². The Balaban J connectivity index is 2.86. The van der Waals surface area contributed by atoms with Crippen molar-refractivity contribution < 1.29 is 4.39 Å². The second-order valence-electron chi connectivity index (χ2n) is 1.90. The summed E-state index contributed by atoms with van der Waals surface area (Å²) in [7, 11) is 1.64. The Hall–Kier alpha value is -1.05. The standard InChI is InChI=1S/C7H8FN/c1-6-4-3-5-7(8)9(6)2/h3-5H,1H2,2H3. The van der Waals surface area contributed by atoms with Gasteiger partial charge in [-0.1, -0.05) is 12.7 Å². The molecule has 48 valence electrons. The lowest BCUT2D eigenvalue weighted by molar-refractivity contribution is 0.387. The molecule has 0 saturated carbocycles. The van der Waals surface area contributed by atoms with Crippen molar-refractivity contribution in [1.29, 1.82) is 0 Å². The van der Waals surface area contributed by atoms with Crippen LogP contribution in [0.3, 0.4) is 0 Å². The summed E-state index contributed by atoms with van der Waals surface area (Å²) in [4.78, 5) is 1.39. The molecule has 0 atom stereocenters. The summed E-state index contributed by atoms with van der Waals surface area (Å²) in [6.45, 7) is 3.60. The lowest BCUT2D eigenvalue weighted by atomic mass is 10.3. The van der Waals surface area contributed by atoms with E-state index in [9.17, 15) is 4.39 Å². The number of halogens is 1. The fourth-order valence-corrected chi connectivity index (χ4v) is 0.599. The van der Waals surface area contributed by atoms with Crippen LogP contribution in [0.5, 0.6) is 0 Å². The minimum atomic E-state index is -0.262. The van der Waals surface area contributed by atoms with Gasteiger partial charge in [0.2, 0.25) is 0 Å². The Bertz CT molecular complexity index is 191. The third-order valence-electron chi connectivity index (χ3n) is 1.27. The minimum Gasteiger partial charge on any atom is -0.322 e. The topological polar surface area (TPSA) is 3.24 Å². The molecule has 9 heavy (non-hydrogen) atoms. The van der Waals surface area contributed by atoms with Crippen LogP contribution in [0.1, 0.15) is 0 Å². The zero-order valence-electron chi connectivity index (χ0n) is 5.26. The highest BCUT2D eigenvalue weighted by Gasteiger charge is 2.06. The van der Waals surface area contributed by atoms with E-state index in [-0.39, 0.29) is 5.95 Å². The van der Waals surface area contributed by atoms with E-state index >= 15 is 0 Å². The van der Waals surface area contributed by atoms with Crippen molar-refractivity contribution in [2.75, 3.05) is 7.05 Å². The SMILES string of the molecule is C=C1C=CC=C(F)N1C. The van der Waals surface area contributed by atoms with Crippen LogP contribution >= 0.6 is 0 Å². The Kier molecular flexibility index (Phi) is 1.39. The van der Waals surface area contributed by atoms with Gasteiger partial charge in [-0.25, -0.2) is 0 Å². The molecule has 0 aliphatic carbocycles. The third kappa shape index (κ3) is 1.02. The summed E-state index contributed by atoms with van der Waals surface area (Å²) in [5, 5.41) is 0. The fourth-order valence-electron chi connectivity index (χ4n) is 0.599. The minimum absolute atomic E-state index is 0.262. The number of hydrogen-bond donors (Lipinski definition) is 0. The molecular formula is C7H8FN. The molecule has 1 rings (SSSR count). The number of nitrogens with zero attached hydrogens (tertiary/aromatic N) is 1. The largest absolute Gasteiger partial charge is 0.322 e. The van der Waals surface area contributed by atoms with E-state index in [1.54, 1.807) is 19.2 Å². The predicted octanol–water partition coefficient (Wildman–Crippen LogP) is 1.81. The summed E-state index contributed by atoms with van der Waals surface area (Å²) in [5.41, 5.74) is 0.676. The van der Waals surface area contributed by atoms with Gasteiger partial charge in [-0.2, -0.15) is 4.39 Å². The Morgan fingerprint density at radius 3 is 2.78 bits per heavy atom. The number of likely N-dealkylation sites (N-methyl/N-ethyl adjacent to an activating group) is 1. The first-order valence-electron chi connectivity index (χ1n) is 2.68. The third-order valence-corrected chi connectivity index (χ3v) is 1.27. The maximum Gasteiger partial charge on any atom is 0.193 e. The van der Waals surface area contributed by atoms with E-state index in [1.165, 1.54) is 11.0 Å². The first-order chi connectivity index (χ1) is 4.22. The molecule has 0 saturated heterocycles. The Morgan fingerprint density at radius 1 is 1.67 bits per heavy atom. The van der Waals surface area contributed by atoms with Crippen molar-refractivity contribution in [2.24, 2.45) is 0 Å². The van der Waals surface area contributed by atoms with Gasteiger partial charge >= 0.3 is 0 Å². The molecule has 1 aliphatic heterocycles. The van der Waals surface area contributed by atoms with Gasteiger partial charge in [0.1, 0.15) is 0 Å². The number of allylic oxidation sites excluding steroid dienone is 3. The first-order valence-corrected chi connectivity index (χ1v) is 2.68. The van der Waals surface area contributed by atoms with Gasteiger partial charge in [-0.3, -0.25) is 0 Å². The van der Waals surface area contributed by atoms with Crippen LogP contribution < -0.4 is 0 Å². The van der Waals surface area contributed by atoms with E-state index in [2.05, 4.69) is 6.58 Å². The van der Waals surface area contributed by atoms with Crippen LogP contribution in [-0.4, -0.2) is 11.9 Å². The highest BCUT2D eigenvalue weighted by atomic mass is 19.1. The second kappa shape index (κ2) is 2.05. The Morgan fingerprint density at radius 2 is 2.33 bits per heavy atom. The van der Waals surface area contributed by atoms with Crippen LogP contribution in [0.2, 0.25) is 0 Å². The quantitative estimate of drug-likeness (QED) is 0.446. The molecule has 0 aromatic rings. The monoisotopic (exact) mass is 125 g/mol. The van der Waals surface area contributed by atoms with Crippen LogP contribution in [0, 0.1) is 0 Å². The van der Waals surface area contributed by atoms with E-state index in [0.717, 1.165) is 0 Å². The maximum atomic E-state index is 12.5. The van der Waals surface area contributed by atoms with Gasteiger partial charge in [0.05, 0.1) is 0 Å². The maximum absolute atomic E-state index is 12.5. The number of hydrogen-bond acceptors (Lipinski definition) is 1. The highest BCUT2D eigenvalue weighted by Crippen LogP contribution is 2.15. The van der Waals surface area contributed by atoms with Crippen molar-refractivity contribution in [2.45, 2.75) is 0 Å². The van der Waals surface area contributed by atoms with Gasteiger partial charge < -0.3 is 4.90 Å². The van der Waals surface area contributed by atoms with Crippen molar-refractivity contribution >= 4 is 0 Å². The smallest absolute Gasteiger partial charge is 0.193 e. The van der Waals surface area contributed by atoms with E-state index in [4.69, 9.17) is 0 Å². The molecule has 2 heteroatoms. The molecule has 0 amide bonds. The lowest BCUT2D eigenvalue weighted by Crippen LogP contribution is -2.13. The molecule has 0 aromatic carbocycles. The summed E-state index contributed by atoms with van der Waals surface area (Å²) < 4.78 is 12.5. The van der Waals surface area contributed by atoms with Gasteiger partial charge in [-0.05, 0) is 12.2 Å². The molecule has 0 N–H and O–H groups in total. The molecule has 0 bridgehead atoms. The molecular weight excluding hydrogens is 117 g/mol. The van der Waals surface area contributed by atoms with Crippen molar-refractivity contribution in [3.8, 4) is 0 Å². The van der Waals surface area contributed by atoms with Gasteiger partial charge in [0.25, 0.3) is 0 Å². The zero-order valence-corrected chi connectivity index (χ0v) is 5.26. The molecule has 1 nitrogen and oxygen atoms in total. The normalized spacial score (nSPS) is 18.2. The molecule has 0 unspecified atom stereocenters.